The van der Waals surface area contributed by atoms with E-state index in [-0.39, 0.29) is 12.8 Å². The van der Waals surface area contributed by atoms with E-state index in [2.05, 4.69) is 5.32 Å². The lowest BCUT2D eigenvalue weighted by Crippen LogP contribution is -2.33. The highest BCUT2D eigenvalue weighted by molar-refractivity contribution is 5.39. The molecule has 0 aliphatic heterocycles. The Kier molecular flexibility index (Phi) is 4.93. The third-order valence-corrected chi connectivity index (χ3v) is 1.92. The molecule has 15 heavy (non-hydrogen) atoms. The molecule has 84 valence electrons. The molecule has 0 fully saturated rings. The third-order valence-electron chi connectivity index (χ3n) is 1.92. The fourth-order valence-corrected chi connectivity index (χ4v) is 1.22. The molecule has 0 saturated heterocycles. The van der Waals surface area contributed by atoms with Gasteiger partial charge in [0.2, 0.25) is 0 Å². The zero-order chi connectivity index (χ0) is 11.1. The second kappa shape index (κ2) is 6.27. The van der Waals surface area contributed by atoms with E-state index in [1.807, 2.05) is 31.2 Å². The Morgan fingerprint density at radius 3 is 2.60 bits per heavy atom. The van der Waals surface area contributed by atoms with E-state index in [0.717, 1.165) is 0 Å². The lowest BCUT2D eigenvalue weighted by atomic mass is 10.3. The summed E-state index contributed by atoms with van der Waals surface area (Å²) < 4.78 is 10.7. The summed E-state index contributed by atoms with van der Waals surface area (Å²) in [4.78, 5) is 0. The maximum Gasteiger partial charge on any atom is 0.163 e. The molecule has 4 heteroatoms. The third kappa shape index (κ3) is 3.77. The molecule has 0 aromatic heterocycles. The number of hydrogen-bond donors (Lipinski definition) is 2. The van der Waals surface area contributed by atoms with Gasteiger partial charge in [-0.15, -0.1) is 0 Å². The largest absolute Gasteiger partial charge is 0.493 e. The van der Waals surface area contributed by atoms with Gasteiger partial charge in [-0.25, -0.2) is 0 Å². The van der Waals surface area contributed by atoms with E-state index in [0.29, 0.717) is 18.0 Å². The fraction of sp³-hybridized carbons (Fsp3) is 0.455. The Bertz CT molecular complexity index is 291. The number of rotatable bonds is 6. The molecule has 1 unspecified atom stereocenters. The van der Waals surface area contributed by atoms with E-state index >= 15 is 0 Å². The summed E-state index contributed by atoms with van der Waals surface area (Å²) in [6.07, 6.45) is -0.159. The van der Waals surface area contributed by atoms with Crippen molar-refractivity contribution < 1.29 is 14.6 Å². The predicted octanol–water partition coefficient (Wildman–Crippen LogP) is 1.00. The number of para-hydroxylation sites is 2. The maximum atomic E-state index is 8.64. The van der Waals surface area contributed by atoms with Crippen LogP contribution in [0.1, 0.15) is 6.92 Å². The van der Waals surface area contributed by atoms with E-state index in [1.165, 1.54) is 0 Å². The molecule has 0 heterocycles. The summed E-state index contributed by atoms with van der Waals surface area (Å²) in [5.74, 6) is 1.40. The second-order valence-corrected chi connectivity index (χ2v) is 3.09. The van der Waals surface area contributed by atoms with E-state index in [9.17, 15) is 0 Å². The quantitative estimate of drug-likeness (QED) is 0.689. The van der Waals surface area contributed by atoms with Gasteiger partial charge in [0, 0.05) is 6.54 Å². The molecular formula is C11H17NO3. The van der Waals surface area contributed by atoms with Crippen LogP contribution in [0.2, 0.25) is 0 Å². The van der Waals surface area contributed by atoms with Crippen molar-refractivity contribution in [3.05, 3.63) is 24.3 Å². The molecule has 2 N–H and O–H groups in total. The zero-order valence-corrected chi connectivity index (χ0v) is 9.06. The number of nitrogens with one attached hydrogen (secondary N) is 1. The van der Waals surface area contributed by atoms with Gasteiger partial charge in [0.1, 0.15) is 6.23 Å². The molecule has 0 spiro atoms. The Morgan fingerprint density at radius 1 is 1.33 bits per heavy atom. The molecular weight excluding hydrogens is 194 g/mol. The van der Waals surface area contributed by atoms with Gasteiger partial charge in [-0.1, -0.05) is 12.1 Å². The van der Waals surface area contributed by atoms with Crippen molar-refractivity contribution in [1.29, 1.82) is 0 Å². The van der Waals surface area contributed by atoms with Gasteiger partial charge >= 0.3 is 0 Å². The van der Waals surface area contributed by atoms with Crippen LogP contribution in [0, 0.1) is 0 Å². The zero-order valence-electron chi connectivity index (χ0n) is 9.06. The van der Waals surface area contributed by atoms with Crippen LogP contribution in [-0.4, -0.2) is 31.6 Å². The van der Waals surface area contributed by atoms with E-state index in [4.69, 9.17) is 14.6 Å². The SMILES string of the molecule is COc1ccccc1OC(C)NCCO. The van der Waals surface area contributed by atoms with Gasteiger partial charge in [0.25, 0.3) is 0 Å². The first-order valence-electron chi connectivity index (χ1n) is 4.92. The van der Waals surface area contributed by atoms with Gasteiger partial charge in [0.05, 0.1) is 13.7 Å². The lowest BCUT2D eigenvalue weighted by Gasteiger charge is -2.17. The van der Waals surface area contributed by atoms with Crippen molar-refractivity contribution >= 4 is 0 Å². The van der Waals surface area contributed by atoms with E-state index < -0.39 is 0 Å². The summed E-state index contributed by atoms with van der Waals surface area (Å²) in [5.41, 5.74) is 0. The number of aliphatic hydroxyl groups excluding tert-OH is 1. The first-order valence-corrected chi connectivity index (χ1v) is 4.92. The summed E-state index contributed by atoms with van der Waals surface area (Å²) in [6, 6.07) is 7.46. The Balaban J connectivity index is 2.55. The van der Waals surface area contributed by atoms with Gasteiger partial charge in [0.15, 0.2) is 11.5 Å². The van der Waals surface area contributed by atoms with Gasteiger partial charge in [-0.2, -0.15) is 0 Å². The highest BCUT2D eigenvalue weighted by Crippen LogP contribution is 2.26. The molecule has 1 aromatic rings. The van der Waals surface area contributed by atoms with Gasteiger partial charge in [-0.05, 0) is 19.1 Å². The van der Waals surface area contributed by atoms with Crippen LogP contribution in [-0.2, 0) is 0 Å². The summed E-state index contributed by atoms with van der Waals surface area (Å²) in [6.45, 7) is 2.48. The first kappa shape index (κ1) is 11.8. The molecule has 0 radical (unpaired) electrons. The van der Waals surface area contributed by atoms with Crippen molar-refractivity contribution in [1.82, 2.24) is 5.32 Å². The predicted molar refractivity (Wildman–Crippen MR) is 58.2 cm³/mol. The van der Waals surface area contributed by atoms with Crippen molar-refractivity contribution in [3.8, 4) is 11.5 Å². The molecule has 0 aliphatic rings. The smallest absolute Gasteiger partial charge is 0.163 e. The summed E-state index contributed by atoms with van der Waals surface area (Å²) in [7, 11) is 1.61. The normalized spacial score (nSPS) is 12.2. The van der Waals surface area contributed by atoms with Crippen LogP contribution in [0.5, 0.6) is 11.5 Å². The number of ether oxygens (including phenoxy) is 2. The molecule has 0 bridgehead atoms. The van der Waals surface area contributed by atoms with Gasteiger partial charge in [-0.3, -0.25) is 5.32 Å². The monoisotopic (exact) mass is 211 g/mol. The molecule has 1 rings (SSSR count). The van der Waals surface area contributed by atoms with Crippen molar-refractivity contribution in [2.24, 2.45) is 0 Å². The number of hydrogen-bond acceptors (Lipinski definition) is 4. The molecule has 0 saturated carbocycles. The Hall–Kier alpha value is -1.26. The number of benzene rings is 1. The number of aliphatic hydroxyl groups is 1. The standard InChI is InChI=1S/C11H17NO3/c1-9(12-7-8-13)15-11-6-4-3-5-10(11)14-2/h3-6,9,12-13H,7-8H2,1-2H3. The average Bonchev–Trinajstić information content (AvgIpc) is 2.27. The van der Waals surface area contributed by atoms with E-state index in [1.54, 1.807) is 7.11 Å². The van der Waals surface area contributed by atoms with Crippen molar-refractivity contribution in [3.63, 3.8) is 0 Å². The van der Waals surface area contributed by atoms with Crippen LogP contribution in [0.15, 0.2) is 24.3 Å². The Morgan fingerprint density at radius 2 is 2.00 bits per heavy atom. The lowest BCUT2D eigenvalue weighted by molar-refractivity contribution is 0.163. The van der Waals surface area contributed by atoms with Gasteiger partial charge < -0.3 is 14.6 Å². The second-order valence-electron chi connectivity index (χ2n) is 3.09. The van der Waals surface area contributed by atoms with Crippen LogP contribution >= 0.6 is 0 Å². The minimum absolute atomic E-state index is 0.0968. The topological polar surface area (TPSA) is 50.7 Å². The average molecular weight is 211 g/mol. The first-order chi connectivity index (χ1) is 7.27. The minimum Gasteiger partial charge on any atom is -0.493 e. The highest BCUT2D eigenvalue weighted by Gasteiger charge is 2.06. The van der Waals surface area contributed by atoms with Crippen LogP contribution in [0.25, 0.3) is 0 Å². The molecule has 1 atom stereocenters. The van der Waals surface area contributed by atoms with Crippen LogP contribution in [0.3, 0.4) is 0 Å². The summed E-state index contributed by atoms with van der Waals surface area (Å²) >= 11 is 0. The fourth-order valence-electron chi connectivity index (χ4n) is 1.22. The molecule has 0 amide bonds. The molecule has 0 aliphatic carbocycles. The van der Waals surface area contributed by atoms with Crippen LogP contribution in [0.4, 0.5) is 0 Å². The summed E-state index contributed by atoms with van der Waals surface area (Å²) in [5, 5.41) is 11.6. The highest BCUT2D eigenvalue weighted by atomic mass is 16.5. The maximum absolute atomic E-state index is 8.64. The molecule has 1 aromatic carbocycles. The number of methoxy groups -OCH3 is 1. The van der Waals surface area contributed by atoms with Crippen molar-refractivity contribution in [2.75, 3.05) is 20.3 Å². The minimum atomic E-state index is -0.159. The Labute approximate surface area is 89.8 Å². The van der Waals surface area contributed by atoms with Crippen LogP contribution < -0.4 is 14.8 Å². The molecule has 4 nitrogen and oxygen atoms in total. The van der Waals surface area contributed by atoms with Crippen molar-refractivity contribution in [2.45, 2.75) is 13.2 Å².